The summed E-state index contributed by atoms with van der Waals surface area (Å²) in [5, 5.41) is 2.93. The van der Waals surface area contributed by atoms with Crippen LogP contribution in [0.3, 0.4) is 0 Å². The summed E-state index contributed by atoms with van der Waals surface area (Å²) in [5.74, 6) is 0.0744. The second kappa shape index (κ2) is 5.31. The average molecular weight is 270 g/mol. The summed E-state index contributed by atoms with van der Waals surface area (Å²) in [4.78, 5) is 11.5. The minimum Gasteiger partial charge on any atom is -0.326 e. The molecule has 1 rings (SSSR count). The number of halogens is 1. The molecule has 0 aromatic heterocycles. The van der Waals surface area contributed by atoms with Crippen LogP contribution in [0.4, 0.5) is 5.69 Å². The maximum Gasteiger partial charge on any atom is 0.226 e. The van der Waals surface area contributed by atoms with E-state index in [0.29, 0.717) is 0 Å². The standard InChI is InChI=1S/C12H16BrNO/c1-4-9-7-10(13)5-6-11(9)14-12(15)8(2)3/h5-8H,4H2,1-3H3,(H,14,15). The fourth-order valence-electron chi connectivity index (χ4n) is 1.25. The molecule has 15 heavy (non-hydrogen) atoms. The highest BCUT2D eigenvalue weighted by Crippen LogP contribution is 2.21. The van der Waals surface area contributed by atoms with Gasteiger partial charge in [-0.25, -0.2) is 0 Å². The molecule has 1 aromatic carbocycles. The number of carbonyl (C=O) groups is 1. The molecule has 0 saturated carbocycles. The van der Waals surface area contributed by atoms with E-state index >= 15 is 0 Å². The lowest BCUT2D eigenvalue weighted by Crippen LogP contribution is -2.18. The molecule has 0 aliphatic heterocycles. The van der Waals surface area contributed by atoms with Gasteiger partial charge < -0.3 is 5.32 Å². The molecule has 0 heterocycles. The molecule has 0 atom stereocenters. The molecule has 1 aromatic rings. The van der Waals surface area contributed by atoms with Gasteiger partial charge in [0.15, 0.2) is 0 Å². The van der Waals surface area contributed by atoms with Crippen LogP contribution in [-0.2, 0) is 11.2 Å². The van der Waals surface area contributed by atoms with Crippen molar-refractivity contribution < 1.29 is 4.79 Å². The number of amides is 1. The van der Waals surface area contributed by atoms with Crippen LogP contribution >= 0.6 is 15.9 Å². The van der Waals surface area contributed by atoms with Crippen LogP contribution in [0.5, 0.6) is 0 Å². The first kappa shape index (κ1) is 12.2. The predicted octanol–water partition coefficient (Wildman–Crippen LogP) is 3.61. The van der Waals surface area contributed by atoms with E-state index in [1.807, 2.05) is 32.0 Å². The van der Waals surface area contributed by atoms with Gasteiger partial charge in [-0.2, -0.15) is 0 Å². The average Bonchev–Trinajstić information content (AvgIpc) is 2.20. The SMILES string of the molecule is CCc1cc(Br)ccc1NC(=O)C(C)C. The van der Waals surface area contributed by atoms with E-state index < -0.39 is 0 Å². The lowest BCUT2D eigenvalue weighted by atomic mass is 10.1. The molecule has 82 valence electrons. The molecular formula is C12H16BrNO. The second-order valence-corrected chi connectivity index (χ2v) is 4.71. The Bertz CT molecular complexity index is 361. The number of benzene rings is 1. The third kappa shape index (κ3) is 3.34. The summed E-state index contributed by atoms with van der Waals surface area (Å²) >= 11 is 3.42. The molecule has 0 aliphatic rings. The van der Waals surface area contributed by atoms with Crippen LogP contribution < -0.4 is 5.32 Å². The van der Waals surface area contributed by atoms with Crippen molar-refractivity contribution in [3.8, 4) is 0 Å². The van der Waals surface area contributed by atoms with Gasteiger partial charge in [-0.3, -0.25) is 4.79 Å². The van der Waals surface area contributed by atoms with E-state index in [9.17, 15) is 4.79 Å². The Balaban J connectivity index is 2.89. The Morgan fingerprint density at radius 2 is 2.13 bits per heavy atom. The number of nitrogens with one attached hydrogen (secondary N) is 1. The van der Waals surface area contributed by atoms with Crippen LogP contribution in [0.15, 0.2) is 22.7 Å². The lowest BCUT2D eigenvalue weighted by molar-refractivity contribution is -0.118. The zero-order valence-corrected chi connectivity index (χ0v) is 10.9. The summed E-state index contributed by atoms with van der Waals surface area (Å²) < 4.78 is 1.04. The first-order valence-corrected chi connectivity index (χ1v) is 5.93. The number of hydrogen-bond donors (Lipinski definition) is 1. The molecule has 0 spiro atoms. The quantitative estimate of drug-likeness (QED) is 0.893. The largest absolute Gasteiger partial charge is 0.326 e. The van der Waals surface area contributed by atoms with Gasteiger partial charge in [-0.05, 0) is 30.2 Å². The third-order valence-corrected chi connectivity index (χ3v) is 2.72. The van der Waals surface area contributed by atoms with Crippen molar-refractivity contribution in [3.63, 3.8) is 0 Å². The summed E-state index contributed by atoms with van der Waals surface area (Å²) in [7, 11) is 0. The maximum absolute atomic E-state index is 11.5. The molecule has 2 nitrogen and oxygen atoms in total. The Morgan fingerprint density at radius 3 is 2.67 bits per heavy atom. The molecule has 0 bridgehead atoms. The third-order valence-electron chi connectivity index (χ3n) is 2.23. The Kier molecular flexibility index (Phi) is 4.33. The van der Waals surface area contributed by atoms with Gasteiger partial charge in [-0.15, -0.1) is 0 Å². The van der Waals surface area contributed by atoms with Gasteiger partial charge in [0, 0.05) is 16.1 Å². The van der Waals surface area contributed by atoms with Crippen molar-refractivity contribution >= 4 is 27.5 Å². The highest BCUT2D eigenvalue weighted by Gasteiger charge is 2.09. The molecule has 3 heteroatoms. The van der Waals surface area contributed by atoms with E-state index in [4.69, 9.17) is 0 Å². The zero-order chi connectivity index (χ0) is 11.4. The molecule has 0 radical (unpaired) electrons. The summed E-state index contributed by atoms with van der Waals surface area (Å²) in [6, 6.07) is 5.91. The molecule has 0 aliphatic carbocycles. The van der Waals surface area contributed by atoms with Crippen molar-refractivity contribution in [2.24, 2.45) is 5.92 Å². The van der Waals surface area contributed by atoms with Crippen molar-refractivity contribution in [3.05, 3.63) is 28.2 Å². The van der Waals surface area contributed by atoms with Crippen LogP contribution in [0.1, 0.15) is 26.3 Å². The number of aryl methyl sites for hydroxylation is 1. The van der Waals surface area contributed by atoms with Gasteiger partial charge in [0.1, 0.15) is 0 Å². The highest BCUT2D eigenvalue weighted by molar-refractivity contribution is 9.10. The Labute approximate surface area is 99.2 Å². The van der Waals surface area contributed by atoms with Crippen molar-refractivity contribution in [2.75, 3.05) is 5.32 Å². The lowest BCUT2D eigenvalue weighted by Gasteiger charge is -2.11. The van der Waals surface area contributed by atoms with Gasteiger partial charge in [0.2, 0.25) is 5.91 Å². The fourth-order valence-corrected chi connectivity index (χ4v) is 1.66. The zero-order valence-electron chi connectivity index (χ0n) is 9.30. The number of rotatable bonds is 3. The van der Waals surface area contributed by atoms with Gasteiger partial charge >= 0.3 is 0 Å². The van der Waals surface area contributed by atoms with E-state index in [0.717, 1.165) is 22.1 Å². The minimum absolute atomic E-state index is 0.0124. The minimum atomic E-state index is 0.0124. The van der Waals surface area contributed by atoms with E-state index in [2.05, 4.69) is 28.2 Å². The molecule has 1 N–H and O–H groups in total. The summed E-state index contributed by atoms with van der Waals surface area (Å²) in [5.41, 5.74) is 2.07. The smallest absolute Gasteiger partial charge is 0.226 e. The predicted molar refractivity (Wildman–Crippen MR) is 67.0 cm³/mol. The maximum atomic E-state index is 11.5. The topological polar surface area (TPSA) is 29.1 Å². The molecule has 0 fully saturated rings. The Hall–Kier alpha value is -0.830. The fraction of sp³-hybridized carbons (Fsp3) is 0.417. The number of hydrogen-bond acceptors (Lipinski definition) is 1. The second-order valence-electron chi connectivity index (χ2n) is 3.80. The van der Waals surface area contributed by atoms with E-state index in [-0.39, 0.29) is 11.8 Å². The van der Waals surface area contributed by atoms with E-state index in [1.54, 1.807) is 0 Å². The van der Waals surface area contributed by atoms with Crippen molar-refractivity contribution in [1.29, 1.82) is 0 Å². The first-order valence-electron chi connectivity index (χ1n) is 5.14. The van der Waals surface area contributed by atoms with Crippen molar-refractivity contribution in [2.45, 2.75) is 27.2 Å². The number of carbonyl (C=O) groups excluding carboxylic acids is 1. The van der Waals surface area contributed by atoms with Gasteiger partial charge in [0.25, 0.3) is 0 Å². The van der Waals surface area contributed by atoms with E-state index in [1.165, 1.54) is 0 Å². The molecular weight excluding hydrogens is 254 g/mol. The van der Waals surface area contributed by atoms with Crippen LogP contribution in [0, 0.1) is 5.92 Å². The summed E-state index contributed by atoms with van der Waals surface area (Å²) in [6.45, 7) is 5.85. The first-order chi connectivity index (χ1) is 7.04. The van der Waals surface area contributed by atoms with Gasteiger partial charge in [-0.1, -0.05) is 36.7 Å². The van der Waals surface area contributed by atoms with Crippen LogP contribution in [0.2, 0.25) is 0 Å². The Morgan fingerprint density at radius 1 is 1.47 bits per heavy atom. The monoisotopic (exact) mass is 269 g/mol. The highest BCUT2D eigenvalue weighted by atomic mass is 79.9. The van der Waals surface area contributed by atoms with Crippen LogP contribution in [-0.4, -0.2) is 5.91 Å². The normalized spacial score (nSPS) is 10.5. The van der Waals surface area contributed by atoms with Crippen LogP contribution in [0.25, 0.3) is 0 Å². The molecule has 0 saturated heterocycles. The van der Waals surface area contributed by atoms with Crippen molar-refractivity contribution in [1.82, 2.24) is 0 Å². The molecule has 0 unspecified atom stereocenters. The molecule has 1 amide bonds. The summed E-state index contributed by atoms with van der Waals surface area (Å²) in [6.07, 6.45) is 0.910. The van der Waals surface area contributed by atoms with Gasteiger partial charge in [0.05, 0.1) is 0 Å². The number of anilines is 1.